The third-order valence-corrected chi connectivity index (χ3v) is 5.03. The second kappa shape index (κ2) is 6.82. The summed E-state index contributed by atoms with van der Waals surface area (Å²) in [6.07, 6.45) is -2.81. The van der Waals surface area contributed by atoms with Crippen molar-refractivity contribution in [2.45, 2.75) is 22.9 Å². The first kappa shape index (κ1) is 16.8. The predicted octanol–water partition coefficient (Wildman–Crippen LogP) is 5.76. The predicted molar refractivity (Wildman–Crippen MR) is 89.9 cm³/mol. The van der Waals surface area contributed by atoms with E-state index in [2.05, 4.69) is 15.3 Å². The Morgan fingerprint density at radius 2 is 1.83 bits per heavy atom. The third kappa shape index (κ3) is 3.88. The molecule has 0 amide bonds. The average molecular weight is 367 g/mol. The van der Waals surface area contributed by atoms with E-state index in [4.69, 9.17) is 0 Å². The van der Waals surface area contributed by atoms with Crippen LogP contribution in [0, 0.1) is 6.92 Å². The molecule has 0 saturated heterocycles. The van der Waals surface area contributed by atoms with Crippen LogP contribution in [0.4, 0.5) is 24.1 Å². The van der Waals surface area contributed by atoms with Gasteiger partial charge in [0, 0.05) is 16.5 Å². The Bertz CT molecular complexity index is 846. The summed E-state index contributed by atoms with van der Waals surface area (Å²) < 4.78 is 39.4. The van der Waals surface area contributed by atoms with Gasteiger partial charge in [0.1, 0.15) is 5.82 Å². The van der Waals surface area contributed by atoms with Gasteiger partial charge in [-0.1, -0.05) is 23.9 Å². The van der Waals surface area contributed by atoms with Gasteiger partial charge in [0.25, 0.3) is 0 Å². The molecule has 0 aliphatic carbocycles. The lowest BCUT2D eigenvalue weighted by molar-refractivity contribution is -0.139. The maximum atomic E-state index is 13.1. The SMILES string of the molecule is Cc1csc(Nc2ncccc2Sc2ccccc2C(F)(F)F)n1. The van der Waals surface area contributed by atoms with Crippen LogP contribution in [0.2, 0.25) is 0 Å². The second-order valence-corrected chi connectivity index (χ2v) is 6.81. The van der Waals surface area contributed by atoms with Gasteiger partial charge in [-0.25, -0.2) is 9.97 Å². The quantitative estimate of drug-likeness (QED) is 0.636. The number of alkyl halides is 3. The van der Waals surface area contributed by atoms with Crippen LogP contribution in [0.1, 0.15) is 11.3 Å². The number of benzene rings is 1. The van der Waals surface area contributed by atoms with Crippen molar-refractivity contribution in [3.63, 3.8) is 0 Å². The molecule has 1 aromatic carbocycles. The summed E-state index contributed by atoms with van der Waals surface area (Å²) in [5, 5.41) is 5.60. The number of hydrogen-bond donors (Lipinski definition) is 1. The summed E-state index contributed by atoms with van der Waals surface area (Å²) >= 11 is 2.44. The standard InChI is InChI=1S/C16H12F3N3S2/c1-10-9-23-15(21-10)22-14-13(7-4-8-20-14)24-12-6-3-2-5-11(12)16(17,18)19/h2-9H,1H3,(H,20,21,22). The molecule has 3 rings (SSSR count). The van der Waals surface area contributed by atoms with Crippen LogP contribution in [0.25, 0.3) is 0 Å². The van der Waals surface area contributed by atoms with Crippen LogP contribution in [0.15, 0.2) is 57.8 Å². The van der Waals surface area contributed by atoms with E-state index in [1.54, 1.807) is 24.4 Å². The zero-order chi connectivity index (χ0) is 17.2. The van der Waals surface area contributed by atoms with Crippen molar-refractivity contribution in [3.05, 3.63) is 59.2 Å². The Balaban J connectivity index is 1.92. The molecule has 0 spiro atoms. The van der Waals surface area contributed by atoms with Crippen molar-refractivity contribution in [2.24, 2.45) is 0 Å². The Kier molecular flexibility index (Phi) is 4.77. The highest BCUT2D eigenvalue weighted by molar-refractivity contribution is 7.99. The van der Waals surface area contributed by atoms with Crippen molar-refractivity contribution in [1.82, 2.24) is 9.97 Å². The van der Waals surface area contributed by atoms with Crippen LogP contribution in [0.3, 0.4) is 0 Å². The average Bonchev–Trinajstić information content (AvgIpc) is 2.94. The Morgan fingerprint density at radius 1 is 1.08 bits per heavy atom. The Hall–Kier alpha value is -2.06. The molecule has 0 unspecified atom stereocenters. The number of aromatic nitrogens is 2. The molecule has 1 N–H and O–H groups in total. The molecule has 2 aromatic heterocycles. The van der Waals surface area contributed by atoms with E-state index in [0.717, 1.165) is 23.5 Å². The number of nitrogens with one attached hydrogen (secondary N) is 1. The largest absolute Gasteiger partial charge is 0.417 e. The van der Waals surface area contributed by atoms with Gasteiger partial charge >= 0.3 is 6.18 Å². The Morgan fingerprint density at radius 3 is 2.54 bits per heavy atom. The van der Waals surface area contributed by atoms with Crippen molar-refractivity contribution in [3.8, 4) is 0 Å². The topological polar surface area (TPSA) is 37.8 Å². The van der Waals surface area contributed by atoms with Crippen molar-refractivity contribution in [1.29, 1.82) is 0 Å². The normalized spacial score (nSPS) is 11.5. The fourth-order valence-electron chi connectivity index (χ4n) is 1.99. The van der Waals surface area contributed by atoms with Gasteiger partial charge in [-0.2, -0.15) is 13.2 Å². The number of halogens is 3. The molecule has 0 radical (unpaired) electrons. The van der Waals surface area contributed by atoms with E-state index in [-0.39, 0.29) is 4.90 Å². The van der Waals surface area contributed by atoms with E-state index >= 15 is 0 Å². The summed E-state index contributed by atoms with van der Waals surface area (Å²) in [6.45, 7) is 1.87. The molecule has 8 heteroatoms. The molecular formula is C16H12F3N3S2. The molecule has 0 aliphatic rings. The summed E-state index contributed by atoms with van der Waals surface area (Å²) in [6, 6.07) is 8.93. The van der Waals surface area contributed by atoms with Crippen LogP contribution in [-0.2, 0) is 6.18 Å². The number of hydrogen-bond acceptors (Lipinski definition) is 5. The lowest BCUT2D eigenvalue weighted by Crippen LogP contribution is -2.06. The molecule has 3 aromatic rings. The maximum absolute atomic E-state index is 13.1. The molecule has 124 valence electrons. The first-order valence-electron chi connectivity index (χ1n) is 6.92. The number of thiazole rings is 1. The van der Waals surface area contributed by atoms with Gasteiger partial charge in [-0.3, -0.25) is 0 Å². The number of aryl methyl sites for hydroxylation is 1. The molecule has 0 aliphatic heterocycles. The first-order valence-corrected chi connectivity index (χ1v) is 8.61. The highest BCUT2D eigenvalue weighted by Gasteiger charge is 2.33. The number of pyridine rings is 1. The molecule has 0 fully saturated rings. The molecule has 0 bridgehead atoms. The maximum Gasteiger partial charge on any atom is 0.417 e. The van der Waals surface area contributed by atoms with Crippen molar-refractivity contribution >= 4 is 34.0 Å². The van der Waals surface area contributed by atoms with Gasteiger partial charge in [0.15, 0.2) is 5.13 Å². The lowest BCUT2D eigenvalue weighted by atomic mass is 10.2. The lowest BCUT2D eigenvalue weighted by Gasteiger charge is -2.13. The number of nitrogens with zero attached hydrogens (tertiary/aromatic N) is 2. The van der Waals surface area contributed by atoms with Crippen LogP contribution in [-0.4, -0.2) is 9.97 Å². The van der Waals surface area contributed by atoms with E-state index in [1.807, 2.05) is 12.3 Å². The molecule has 0 atom stereocenters. The highest BCUT2D eigenvalue weighted by atomic mass is 32.2. The number of rotatable bonds is 4. The molecule has 3 nitrogen and oxygen atoms in total. The molecule has 2 heterocycles. The van der Waals surface area contributed by atoms with E-state index in [1.165, 1.54) is 23.5 Å². The molecule has 24 heavy (non-hydrogen) atoms. The smallest absolute Gasteiger partial charge is 0.315 e. The molecule has 0 saturated carbocycles. The van der Waals surface area contributed by atoms with Gasteiger partial charge in [-0.15, -0.1) is 11.3 Å². The number of anilines is 2. The van der Waals surface area contributed by atoms with Crippen LogP contribution in [0.5, 0.6) is 0 Å². The van der Waals surface area contributed by atoms with Crippen molar-refractivity contribution in [2.75, 3.05) is 5.32 Å². The van der Waals surface area contributed by atoms with E-state index < -0.39 is 11.7 Å². The Labute approximate surface area is 145 Å². The summed E-state index contributed by atoms with van der Waals surface area (Å²) in [7, 11) is 0. The fourth-order valence-corrected chi connectivity index (χ4v) is 3.70. The van der Waals surface area contributed by atoms with Gasteiger partial charge < -0.3 is 5.32 Å². The first-order chi connectivity index (χ1) is 11.4. The van der Waals surface area contributed by atoms with Gasteiger partial charge in [0.2, 0.25) is 0 Å². The fraction of sp³-hybridized carbons (Fsp3) is 0.125. The van der Waals surface area contributed by atoms with E-state index in [0.29, 0.717) is 15.8 Å². The summed E-state index contributed by atoms with van der Waals surface area (Å²) in [5.41, 5.74) is 0.213. The van der Waals surface area contributed by atoms with Crippen molar-refractivity contribution < 1.29 is 13.2 Å². The minimum absolute atomic E-state index is 0.136. The monoisotopic (exact) mass is 367 g/mol. The third-order valence-electron chi connectivity index (χ3n) is 3.03. The second-order valence-electron chi connectivity index (χ2n) is 4.87. The van der Waals surface area contributed by atoms with Gasteiger partial charge in [-0.05, 0) is 31.2 Å². The van der Waals surface area contributed by atoms with Crippen LogP contribution >= 0.6 is 23.1 Å². The van der Waals surface area contributed by atoms with Gasteiger partial charge in [0.05, 0.1) is 16.2 Å². The zero-order valence-electron chi connectivity index (χ0n) is 12.5. The minimum Gasteiger partial charge on any atom is -0.315 e. The summed E-state index contributed by atoms with van der Waals surface area (Å²) in [5.74, 6) is 0.480. The van der Waals surface area contributed by atoms with E-state index in [9.17, 15) is 13.2 Å². The molecular weight excluding hydrogens is 355 g/mol. The van der Waals surface area contributed by atoms with Crippen LogP contribution < -0.4 is 5.32 Å². The highest BCUT2D eigenvalue weighted by Crippen LogP contribution is 2.41. The minimum atomic E-state index is -4.40. The zero-order valence-corrected chi connectivity index (χ0v) is 14.1. The summed E-state index contributed by atoms with van der Waals surface area (Å²) in [4.78, 5) is 9.25.